The quantitative estimate of drug-likeness (QED) is 0.274. The van der Waals surface area contributed by atoms with Gasteiger partial charge in [0.05, 0.1) is 25.7 Å². The summed E-state index contributed by atoms with van der Waals surface area (Å²) in [5.41, 5.74) is 1.02. The highest BCUT2D eigenvalue weighted by atomic mass is 19.1. The van der Waals surface area contributed by atoms with Gasteiger partial charge in [-0.2, -0.15) is 0 Å². The number of aliphatic hydroxyl groups excluding tert-OH is 2. The maximum absolute atomic E-state index is 14.6. The van der Waals surface area contributed by atoms with Crippen molar-refractivity contribution in [2.24, 2.45) is 17.3 Å². The Balaban J connectivity index is 1.06. The summed E-state index contributed by atoms with van der Waals surface area (Å²) in [6, 6.07) is 4.87. The zero-order valence-electron chi connectivity index (χ0n) is 21.5. The van der Waals surface area contributed by atoms with Crippen LogP contribution in [0.15, 0.2) is 18.2 Å². The highest BCUT2D eigenvalue weighted by Gasteiger charge is 2.52. The molecule has 3 fully saturated rings. The van der Waals surface area contributed by atoms with Crippen LogP contribution in [0.1, 0.15) is 56.9 Å². The summed E-state index contributed by atoms with van der Waals surface area (Å²) in [6.07, 6.45) is 8.06. The molecule has 2 heterocycles. The molecule has 4 N–H and O–H groups in total. The Bertz CT molecular complexity index is 842. The summed E-state index contributed by atoms with van der Waals surface area (Å²) in [5, 5.41) is 25.0. The van der Waals surface area contributed by atoms with Gasteiger partial charge in [0.1, 0.15) is 11.6 Å². The smallest absolute Gasteiger partial charge is 0.227 e. The number of hydrogen-bond donors (Lipinski definition) is 4. The van der Waals surface area contributed by atoms with Crippen molar-refractivity contribution in [3.63, 3.8) is 0 Å². The molecule has 1 amide bonds. The lowest BCUT2D eigenvalue weighted by atomic mass is 9.91. The Morgan fingerprint density at radius 2 is 2.06 bits per heavy atom. The highest BCUT2D eigenvalue weighted by molar-refractivity contribution is 5.79. The normalized spacial score (nSPS) is 21.9. The Hall–Kier alpha value is -1.74. The largest absolute Gasteiger partial charge is 0.493 e. The van der Waals surface area contributed by atoms with Gasteiger partial charge < -0.3 is 30.5 Å². The Labute approximate surface area is 214 Å². The summed E-state index contributed by atoms with van der Waals surface area (Å²) in [7, 11) is 0. The third-order valence-corrected chi connectivity index (χ3v) is 8.38. The zero-order valence-corrected chi connectivity index (χ0v) is 21.5. The van der Waals surface area contributed by atoms with Crippen LogP contribution in [0, 0.1) is 23.1 Å². The fraction of sp³-hybridized carbons (Fsp3) is 0.750. The van der Waals surface area contributed by atoms with Crippen LogP contribution in [-0.4, -0.2) is 79.6 Å². The van der Waals surface area contributed by atoms with E-state index in [0.717, 1.165) is 51.4 Å². The van der Waals surface area contributed by atoms with Gasteiger partial charge in [0, 0.05) is 31.6 Å². The Kier molecular flexibility index (Phi) is 9.99. The number of piperidine rings is 1. The molecule has 3 aliphatic rings. The van der Waals surface area contributed by atoms with Gasteiger partial charge in [-0.3, -0.25) is 4.79 Å². The number of aliphatic hydroxyl groups is 2. The molecule has 0 radical (unpaired) electrons. The second-order valence-corrected chi connectivity index (χ2v) is 11.1. The van der Waals surface area contributed by atoms with Crippen LogP contribution in [-0.2, 0) is 11.2 Å². The summed E-state index contributed by atoms with van der Waals surface area (Å²) >= 11 is 0. The number of nitrogens with zero attached hydrogens (tertiary/aromatic N) is 1. The van der Waals surface area contributed by atoms with Gasteiger partial charge in [0.15, 0.2) is 0 Å². The van der Waals surface area contributed by atoms with Crippen molar-refractivity contribution in [2.45, 2.75) is 63.9 Å². The molecule has 202 valence electrons. The number of ether oxygens (including phenoxy) is 1. The second kappa shape index (κ2) is 13.2. The van der Waals surface area contributed by atoms with E-state index in [4.69, 9.17) is 9.84 Å². The van der Waals surface area contributed by atoms with Crippen molar-refractivity contribution in [1.29, 1.82) is 0 Å². The Morgan fingerprint density at radius 1 is 1.25 bits per heavy atom. The average molecular weight is 506 g/mol. The van der Waals surface area contributed by atoms with Crippen LogP contribution in [0.2, 0.25) is 0 Å². The number of likely N-dealkylation sites (tertiary alicyclic amines) is 1. The van der Waals surface area contributed by atoms with Crippen LogP contribution in [0.25, 0.3) is 0 Å². The summed E-state index contributed by atoms with van der Waals surface area (Å²) < 4.78 is 20.4. The molecule has 1 unspecified atom stereocenters. The number of halogens is 1. The number of nitrogens with one attached hydrogen (secondary N) is 2. The third-order valence-electron chi connectivity index (χ3n) is 8.38. The molecule has 0 aromatic heterocycles. The first-order valence-corrected chi connectivity index (χ1v) is 13.9. The van der Waals surface area contributed by atoms with E-state index in [1.54, 1.807) is 17.0 Å². The lowest BCUT2D eigenvalue weighted by Gasteiger charge is -2.39. The average Bonchev–Trinajstić information content (AvgIpc) is 3.52. The fourth-order valence-electron chi connectivity index (χ4n) is 5.86. The first-order chi connectivity index (χ1) is 17.5. The maximum atomic E-state index is 14.6. The molecule has 1 aromatic rings. The fourth-order valence-corrected chi connectivity index (χ4v) is 5.86. The minimum absolute atomic E-state index is 0.0342. The van der Waals surface area contributed by atoms with Crippen molar-refractivity contribution in [1.82, 2.24) is 15.5 Å². The molecule has 1 saturated carbocycles. The van der Waals surface area contributed by atoms with E-state index < -0.39 is 6.10 Å². The van der Waals surface area contributed by atoms with Gasteiger partial charge in [-0.15, -0.1) is 0 Å². The number of unbranched alkanes of at least 4 members (excludes halogenated alkanes) is 1. The molecule has 1 spiro atoms. The molecule has 2 atom stereocenters. The molecule has 2 aliphatic heterocycles. The van der Waals surface area contributed by atoms with Crippen LogP contribution in [0.4, 0.5) is 4.39 Å². The van der Waals surface area contributed by atoms with Crippen molar-refractivity contribution < 1.29 is 24.1 Å². The van der Waals surface area contributed by atoms with Crippen molar-refractivity contribution in [3.05, 3.63) is 29.6 Å². The number of benzene rings is 1. The lowest BCUT2D eigenvalue weighted by Crippen LogP contribution is -2.53. The van der Waals surface area contributed by atoms with E-state index >= 15 is 0 Å². The van der Waals surface area contributed by atoms with E-state index in [0.29, 0.717) is 48.8 Å². The molecular weight excluding hydrogens is 461 g/mol. The molecule has 4 rings (SSSR count). The van der Waals surface area contributed by atoms with Crippen molar-refractivity contribution in [2.75, 3.05) is 52.5 Å². The minimum Gasteiger partial charge on any atom is -0.493 e. The monoisotopic (exact) mass is 505 g/mol. The first kappa shape index (κ1) is 27.3. The summed E-state index contributed by atoms with van der Waals surface area (Å²) in [5.74, 6) is 1.40. The molecule has 36 heavy (non-hydrogen) atoms. The maximum Gasteiger partial charge on any atom is 0.227 e. The van der Waals surface area contributed by atoms with E-state index in [1.165, 1.54) is 31.7 Å². The summed E-state index contributed by atoms with van der Waals surface area (Å²) in [6.45, 7) is 5.85. The van der Waals surface area contributed by atoms with Crippen LogP contribution < -0.4 is 15.4 Å². The highest BCUT2D eigenvalue weighted by Crippen LogP contribution is 2.60. The van der Waals surface area contributed by atoms with E-state index in [9.17, 15) is 14.3 Å². The van der Waals surface area contributed by atoms with Crippen molar-refractivity contribution >= 4 is 5.91 Å². The predicted molar refractivity (Wildman–Crippen MR) is 137 cm³/mol. The van der Waals surface area contributed by atoms with E-state index in [-0.39, 0.29) is 24.8 Å². The van der Waals surface area contributed by atoms with Gasteiger partial charge in [0.25, 0.3) is 0 Å². The molecule has 1 aromatic carbocycles. The van der Waals surface area contributed by atoms with Crippen LogP contribution in [0.3, 0.4) is 0 Å². The number of rotatable bonds is 15. The SMILES string of the molecule is O=C(Cc1ccc(OCCCC2CC23CCNCC3)cc1F)N1CC(CNCCCC[C@H](O)CO)C1. The number of carbonyl (C=O) groups excluding carboxylic acids is 1. The number of hydrogen-bond acceptors (Lipinski definition) is 6. The van der Waals surface area contributed by atoms with Gasteiger partial charge in [-0.05, 0) is 94.0 Å². The zero-order chi connectivity index (χ0) is 25.4. The Morgan fingerprint density at radius 3 is 2.81 bits per heavy atom. The standard InChI is InChI=1S/C28H44FN3O4/c29-26-15-25(36-13-3-4-23-16-28(23)8-11-30-12-9-28)7-6-22(26)14-27(35)32-18-21(19-32)17-31-10-2-1-5-24(34)20-33/h6-7,15,21,23-24,30-31,33-34H,1-5,8-14,16-20H2/t23?,24-/m0/s1. The second-order valence-electron chi connectivity index (χ2n) is 11.1. The van der Waals surface area contributed by atoms with Crippen LogP contribution in [0.5, 0.6) is 5.75 Å². The van der Waals surface area contributed by atoms with Gasteiger partial charge in [-0.1, -0.05) is 6.07 Å². The number of carbonyl (C=O) groups is 1. The molecule has 7 nitrogen and oxygen atoms in total. The van der Waals surface area contributed by atoms with Gasteiger partial charge in [0.2, 0.25) is 5.91 Å². The molecule has 1 aliphatic carbocycles. The molecule has 0 bridgehead atoms. The van der Waals surface area contributed by atoms with Crippen molar-refractivity contribution in [3.8, 4) is 5.75 Å². The first-order valence-electron chi connectivity index (χ1n) is 13.9. The van der Waals surface area contributed by atoms with E-state index in [1.807, 2.05) is 0 Å². The number of amides is 1. The van der Waals surface area contributed by atoms with Gasteiger partial charge in [-0.25, -0.2) is 4.39 Å². The summed E-state index contributed by atoms with van der Waals surface area (Å²) in [4.78, 5) is 14.3. The minimum atomic E-state index is -0.617. The molecule has 2 saturated heterocycles. The molecular formula is C28H44FN3O4. The topological polar surface area (TPSA) is 94.1 Å². The van der Waals surface area contributed by atoms with Gasteiger partial charge >= 0.3 is 0 Å². The predicted octanol–water partition coefficient (Wildman–Crippen LogP) is 2.49. The molecule has 8 heteroatoms. The van der Waals surface area contributed by atoms with Crippen LogP contribution >= 0.6 is 0 Å². The third kappa shape index (κ3) is 7.63. The van der Waals surface area contributed by atoms with E-state index in [2.05, 4.69) is 10.6 Å². The lowest BCUT2D eigenvalue weighted by molar-refractivity contribution is -0.136.